The molecule has 16 heavy (non-hydrogen) atoms. The maximum Gasteiger partial charge on any atom is 0.00670 e. The molecule has 2 fully saturated rings. The van der Waals surface area contributed by atoms with E-state index in [9.17, 15) is 0 Å². The Morgan fingerprint density at radius 3 is 2.06 bits per heavy atom. The molecule has 2 saturated carbocycles. The molecule has 2 rings (SSSR count). The summed E-state index contributed by atoms with van der Waals surface area (Å²) < 4.78 is 0. The molecular formula is C15H29N. The van der Waals surface area contributed by atoms with Gasteiger partial charge in [0.1, 0.15) is 0 Å². The molecule has 1 N–H and O–H groups in total. The summed E-state index contributed by atoms with van der Waals surface area (Å²) in [6.07, 6.45) is 17.7. The smallest absolute Gasteiger partial charge is 0.00670 e. The topological polar surface area (TPSA) is 12.0 Å². The van der Waals surface area contributed by atoms with Crippen LogP contribution in [0.2, 0.25) is 0 Å². The first-order valence-electron chi connectivity index (χ1n) is 7.68. The van der Waals surface area contributed by atoms with Crippen molar-refractivity contribution in [1.82, 2.24) is 5.32 Å². The Bertz CT molecular complexity index is 146. The van der Waals surface area contributed by atoms with Crippen LogP contribution in [0.5, 0.6) is 0 Å². The minimum absolute atomic E-state index is 0.861. The zero-order chi connectivity index (χ0) is 11.1. The third-order valence-corrected chi connectivity index (χ3v) is 4.55. The summed E-state index contributed by atoms with van der Waals surface area (Å²) in [7, 11) is 0. The highest BCUT2D eigenvalue weighted by Crippen LogP contribution is 2.27. The van der Waals surface area contributed by atoms with Crippen molar-refractivity contribution in [3.05, 3.63) is 0 Å². The standard InChI is InChI=1S/C15H29N/c1-3-8-14(9-4-1)10-7-13-16-15-11-5-2-6-12-15/h14-16H,1-13H2. The fraction of sp³-hybridized carbons (Fsp3) is 1.00. The van der Waals surface area contributed by atoms with Crippen LogP contribution in [-0.4, -0.2) is 12.6 Å². The van der Waals surface area contributed by atoms with Gasteiger partial charge in [0.2, 0.25) is 0 Å². The summed E-state index contributed by atoms with van der Waals surface area (Å²) in [6, 6.07) is 0.861. The highest BCUT2D eigenvalue weighted by molar-refractivity contribution is 4.72. The van der Waals surface area contributed by atoms with E-state index in [0.29, 0.717) is 0 Å². The normalized spacial score (nSPS) is 24.8. The van der Waals surface area contributed by atoms with Gasteiger partial charge in [0, 0.05) is 6.04 Å². The number of rotatable bonds is 5. The Labute approximate surface area is 101 Å². The second-order valence-corrected chi connectivity index (χ2v) is 5.94. The molecule has 0 atom stereocenters. The molecule has 0 aromatic carbocycles. The Balaban J connectivity index is 1.47. The van der Waals surface area contributed by atoms with Gasteiger partial charge in [-0.2, -0.15) is 0 Å². The fourth-order valence-electron chi connectivity index (χ4n) is 3.48. The van der Waals surface area contributed by atoms with Crippen molar-refractivity contribution in [2.45, 2.75) is 83.1 Å². The molecule has 0 radical (unpaired) electrons. The van der Waals surface area contributed by atoms with Crippen molar-refractivity contribution in [2.24, 2.45) is 5.92 Å². The van der Waals surface area contributed by atoms with Crippen molar-refractivity contribution in [3.63, 3.8) is 0 Å². The number of hydrogen-bond acceptors (Lipinski definition) is 1. The molecule has 0 bridgehead atoms. The predicted molar refractivity (Wildman–Crippen MR) is 70.7 cm³/mol. The van der Waals surface area contributed by atoms with E-state index < -0.39 is 0 Å². The van der Waals surface area contributed by atoms with Crippen molar-refractivity contribution >= 4 is 0 Å². The Hall–Kier alpha value is -0.0400. The van der Waals surface area contributed by atoms with Gasteiger partial charge in [-0.05, 0) is 38.1 Å². The second kappa shape index (κ2) is 7.32. The quantitative estimate of drug-likeness (QED) is 0.686. The van der Waals surface area contributed by atoms with E-state index in [1.807, 2.05) is 0 Å². The van der Waals surface area contributed by atoms with Crippen LogP contribution in [0, 0.1) is 5.92 Å². The summed E-state index contributed by atoms with van der Waals surface area (Å²) in [5.41, 5.74) is 0. The fourth-order valence-corrected chi connectivity index (χ4v) is 3.48. The molecule has 0 amide bonds. The van der Waals surface area contributed by atoms with Gasteiger partial charge in [0.05, 0.1) is 0 Å². The molecule has 0 aromatic rings. The van der Waals surface area contributed by atoms with Crippen LogP contribution in [0.1, 0.15) is 77.0 Å². The summed E-state index contributed by atoms with van der Waals surface area (Å²) >= 11 is 0. The van der Waals surface area contributed by atoms with Crippen molar-refractivity contribution in [3.8, 4) is 0 Å². The van der Waals surface area contributed by atoms with Crippen LogP contribution in [0.15, 0.2) is 0 Å². The molecular weight excluding hydrogens is 194 g/mol. The van der Waals surface area contributed by atoms with Gasteiger partial charge in [0.25, 0.3) is 0 Å². The van der Waals surface area contributed by atoms with Gasteiger partial charge in [0.15, 0.2) is 0 Å². The molecule has 0 aromatic heterocycles. The number of hydrogen-bond donors (Lipinski definition) is 1. The van der Waals surface area contributed by atoms with Gasteiger partial charge in [-0.25, -0.2) is 0 Å². The van der Waals surface area contributed by atoms with Gasteiger partial charge in [-0.1, -0.05) is 51.4 Å². The first-order valence-corrected chi connectivity index (χ1v) is 7.68. The molecule has 2 aliphatic carbocycles. The van der Waals surface area contributed by atoms with Crippen LogP contribution in [0.4, 0.5) is 0 Å². The van der Waals surface area contributed by atoms with Crippen LogP contribution in [0.25, 0.3) is 0 Å². The van der Waals surface area contributed by atoms with E-state index in [2.05, 4.69) is 5.32 Å². The van der Waals surface area contributed by atoms with E-state index in [-0.39, 0.29) is 0 Å². The molecule has 2 aliphatic rings. The van der Waals surface area contributed by atoms with E-state index in [1.165, 1.54) is 83.6 Å². The van der Waals surface area contributed by atoms with Crippen molar-refractivity contribution < 1.29 is 0 Å². The Morgan fingerprint density at radius 2 is 1.38 bits per heavy atom. The van der Waals surface area contributed by atoms with Gasteiger partial charge >= 0.3 is 0 Å². The Kier molecular flexibility index (Phi) is 5.68. The van der Waals surface area contributed by atoms with E-state index in [1.54, 1.807) is 0 Å². The lowest BCUT2D eigenvalue weighted by Crippen LogP contribution is -2.31. The minimum atomic E-state index is 0.861. The molecule has 0 heterocycles. The summed E-state index contributed by atoms with van der Waals surface area (Å²) in [5.74, 6) is 1.07. The molecule has 1 nitrogen and oxygen atoms in total. The first-order chi connectivity index (χ1) is 7.95. The van der Waals surface area contributed by atoms with E-state index in [4.69, 9.17) is 0 Å². The lowest BCUT2D eigenvalue weighted by atomic mass is 9.86. The molecule has 94 valence electrons. The average molecular weight is 223 g/mol. The molecule has 0 spiro atoms. The largest absolute Gasteiger partial charge is 0.314 e. The maximum atomic E-state index is 3.76. The monoisotopic (exact) mass is 223 g/mol. The summed E-state index contributed by atoms with van der Waals surface area (Å²) in [5, 5.41) is 3.76. The zero-order valence-corrected chi connectivity index (χ0v) is 10.8. The molecule has 0 aliphatic heterocycles. The number of nitrogens with one attached hydrogen (secondary N) is 1. The van der Waals surface area contributed by atoms with Gasteiger partial charge in [-0.15, -0.1) is 0 Å². The minimum Gasteiger partial charge on any atom is -0.314 e. The third kappa shape index (κ3) is 4.45. The van der Waals surface area contributed by atoms with Crippen LogP contribution in [-0.2, 0) is 0 Å². The van der Waals surface area contributed by atoms with E-state index in [0.717, 1.165) is 12.0 Å². The highest BCUT2D eigenvalue weighted by atomic mass is 14.9. The summed E-state index contributed by atoms with van der Waals surface area (Å²) in [4.78, 5) is 0. The Morgan fingerprint density at radius 1 is 0.750 bits per heavy atom. The second-order valence-electron chi connectivity index (χ2n) is 5.94. The molecule has 0 unspecified atom stereocenters. The average Bonchev–Trinajstić information content (AvgIpc) is 2.37. The lowest BCUT2D eigenvalue weighted by Gasteiger charge is -2.24. The lowest BCUT2D eigenvalue weighted by molar-refractivity contribution is 0.319. The molecule has 0 saturated heterocycles. The SMILES string of the molecule is C1CCC(CCCNC2CCCCC2)CC1. The summed E-state index contributed by atoms with van der Waals surface area (Å²) in [6.45, 7) is 1.28. The van der Waals surface area contributed by atoms with Crippen LogP contribution < -0.4 is 5.32 Å². The van der Waals surface area contributed by atoms with Gasteiger partial charge in [-0.3, -0.25) is 0 Å². The first kappa shape index (κ1) is 12.4. The molecule has 1 heteroatoms. The third-order valence-electron chi connectivity index (χ3n) is 4.55. The van der Waals surface area contributed by atoms with Crippen molar-refractivity contribution in [2.75, 3.05) is 6.54 Å². The van der Waals surface area contributed by atoms with Crippen LogP contribution in [0.3, 0.4) is 0 Å². The van der Waals surface area contributed by atoms with Crippen molar-refractivity contribution in [1.29, 1.82) is 0 Å². The maximum absolute atomic E-state index is 3.76. The highest BCUT2D eigenvalue weighted by Gasteiger charge is 2.14. The zero-order valence-electron chi connectivity index (χ0n) is 10.8. The predicted octanol–water partition coefficient (Wildman–Crippen LogP) is 4.27. The van der Waals surface area contributed by atoms with Gasteiger partial charge < -0.3 is 5.32 Å². The van der Waals surface area contributed by atoms with E-state index >= 15 is 0 Å². The van der Waals surface area contributed by atoms with Crippen LogP contribution >= 0.6 is 0 Å².